The Kier molecular flexibility index (Phi) is 2.72. The highest BCUT2D eigenvalue weighted by Crippen LogP contribution is 2.33. The van der Waals surface area contributed by atoms with E-state index in [0.717, 1.165) is 31.3 Å². The maximum Gasteiger partial charge on any atom is 0.169 e. The van der Waals surface area contributed by atoms with Crippen LogP contribution in [-0.2, 0) is 0 Å². The summed E-state index contributed by atoms with van der Waals surface area (Å²) in [6, 6.07) is 11.7. The van der Waals surface area contributed by atoms with Crippen molar-refractivity contribution in [3.8, 4) is 0 Å². The molecule has 3 heteroatoms. The van der Waals surface area contributed by atoms with Crippen molar-refractivity contribution >= 4 is 43.8 Å². The summed E-state index contributed by atoms with van der Waals surface area (Å²) in [4.78, 5) is 23.6. The van der Waals surface area contributed by atoms with Gasteiger partial charge in [0, 0.05) is 10.3 Å². The fourth-order valence-corrected chi connectivity index (χ4v) is 3.31. The Morgan fingerprint density at radius 2 is 1.63 bits per heavy atom. The van der Waals surface area contributed by atoms with Crippen LogP contribution in [-0.4, -0.2) is 11.6 Å². The number of hydrogen-bond acceptors (Lipinski definition) is 3. The van der Waals surface area contributed by atoms with Crippen molar-refractivity contribution in [1.29, 1.82) is 0 Å². The molecule has 0 aliphatic heterocycles. The number of benzene rings is 2. The van der Waals surface area contributed by atoms with Crippen LogP contribution < -0.4 is 0 Å². The van der Waals surface area contributed by atoms with E-state index in [1.165, 1.54) is 11.3 Å². The third-order valence-electron chi connectivity index (χ3n) is 3.25. The summed E-state index contributed by atoms with van der Waals surface area (Å²) >= 11 is 1.51. The molecule has 3 rings (SSSR count). The summed E-state index contributed by atoms with van der Waals surface area (Å²) in [6.07, 6.45) is 0. The molecule has 0 atom stereocenters. The molecule has 0 aliphatic carbocycles. The molecule has 0 amide bonds. The van der Waals surface area contributed by atoms with Crippen molar-refractivity contribution in [2.75, 3.05) is 0 Å². The standard InChI is InChI=1S/C16H12O2S/c1-9(17)11-5-6-14-12(7-11)3-4-13-8-15(10(2)18)19-16(13)14/h3-8H,1-2H3. The third-order valence-corrected chi connectivity index (χ3v) is 4.54. The van der Waals surface area contributed by atoms with Crippen molar-refractivity contribution in [1.82, 2.24) is 0 Å². The van der Waals surface area contributed by atoms with Gasteiger partial charge in [0.15, 0.2) is 11.6 Å². The highest BCUT2D eigenvalue weighted by atomic mass is 32.1. The first-order chi connectivity index (χ1) is 9.06. The van der Waals surface area contributed by atoms with Crippen LogP contribution >= 0.6 is 11.3 Å². The van der Waals surface area contributed by atoms with Crippen molar-refractivity contribution in [2.45, 2.75) is 13.8 Å². The molecule has 0 saturated carbocycles. The normalized spacial score (nSPS) is 11.1. The van der Waals surface area contributed by atoms with Gasteiger partial charge in [0.2, 0.25) is 0 Å². The van der Waals surface area contributed by atoms with E-state index >= 15 is 0 Å². The van der Waals surface area contributed by atoms with Gasteiger partial charge in [0.05, 0.1) is 4.88 Å². The molecule has 3 aromatic rings. The minimum atomic E-state index is 0.0672. The average Bonchev–Trinajstić information content (AvgIpc) is 2.82. The van der Waals surface area contributed by atoms with E-state index in [1.807, 2.05) is 36.4 Å². The van der Waals surface area contributed by atoms with Crippen LogP contribution in [0, 0.1) is 0 Å². The van der Waals surface area contributed by atoms with Crippen LogP contribution in [0.25, 0.3) is 20.9 Å². The minimum absolute atomic E-state index is 0.0672. The van der Waals surface area contributed by atoms with Crippen LogP contribution in [0.1, 0.15) is 33.9 Å². The van der Waals surface area contributed by atoms with Gasteiger partial charge in [-0.3, -0.25) is 9.59 Å². The van der Waals surface area contributed by atoms with Gasteiger partial charge in [-0.05, 0) is 42.1 Å². The molecule has 0 fully saturated rings. The van der Waals surface area contributed by atoms with Gasteiger partial charge in [0.1, 0.15) is 0 Å². The van der Waals surface area contributed by atoms with Crippen LogP contribution in [0.3, 0.4) is 0 Å². The smallest absolute Gasteiger partial charge is 0.169 e. The van der Waals surface area contributed by atoms with E-state index in [1.54, 1.807) is 13.8 Å². The summed E-state index contributed by atoms with van der Waals surface area (Å²) in [7, 11) is 0. The van der Waals surface area contributed by atoms with Gasteiger partial charge in [-0.2, -0.15) is 0 Å². The second-order valence-corrected chi connectivity index (χ2v) is 5.70. The number of fused-ring (bicyclic) bond motifs is 3. The van der Waals surface area contributed by atoms with E-state index in [2.05, 4.69) is 0 Å². The Balaban J connectivity index is 2.33. The van der Waals surface area contributed by atoms with Crippen LogP contribution in [0.5, 0.6) is 0 Å². The maximum absolute atomic E-state index is 11.5. The Hall–Kier alpha value is -2.00. The largest absolute Gasteiger partial charge is 0.295 e. The molecule has 2 aromatic carbocycles. The van der Waals surface area contributed by atoms with Gasteiger partial charge in [-0.15, -0.1) is 11.3 Å². The van der Waals surface area contributed by atoms with Crippen molar-refractivity contribution in [3.05, 3.63) is 46.8 Å². The summed E-state index contributed by atoms with van der Waals surface area (Å²) in [5, 5.41) is 3.22. The monoisotopic (exact) mass is 268 g/mol. The van der Waals surface area contributed by atoms with Gasteiger partial charge < -0.3 is 0 Å². The van der Waals surface area contributed by atoms with Crippen LogP contribution in [0.4, 0.5) is 0 Å². The lowest BCUT2D eigenvalue weighted by atomic mass is 10.0. The van der Waals surface area contributed by atoms with E-state index in [0.29, 0.717) is 0 Å². The van der Waals surface area contributed by atoms with Crippen molar-refractivity contribution in [3.63, 3.8) is 0 Å². The summed E-state index contributed by atoms with van der Waals surface area (Å²) in [6.45, 7) is 3.15. The summed E-state index contributed by atoms with van der Waals surface area (Å²) < 4.78 is 1.11. The lowest BCUT2D eigenvalue weighted by molar-refractivity contribution is 0.101. The molecule has 0 spiro atoms. The average molecular weight is 268 g/mol. The second-order valence-electron chi connectivity index (χ2n) is 4.64. The lowest BCUT2D eigenvalue weighted by Gasteiger charge is -2.01. The first kappa shape index (κ1) is 12.1. The predicted molar refractivity (Wildman–Crippen MR) is 79.3 cm³/mol. The molecular formula is C16H12O2S. The fourth-order valence-electron chi connectivity index (χ4n) is 2.22. The number of thiophene rings is 1. The van der Waals surface area contributed by atoms with Gasteiger partial charge >= 0.3 is 0 Å². The van der Waals surface area contributed by atoms with Crippen LogP contribution in [0.2, 0.25) is 0 Å². The minimum Gasteiger partial charge on any atom is -0.295 e. The van der Waals surface area contributed by atoms with E-state index in [4.69, 9.17) is 0 Å². The molecule has 1 heterocycles. The zero-order chi connectivity index (χ0) is 13.6. The quantitative estimate of drug-likeness (QED) is 0.643. The number of hydrogen-bond donors (Lipinski definition) is 0. The number of carbonyl (C=O) groups is 2. The molecule has 0 N–H and O–H groups in total. The number of Topliss-reactive ketones (excluding diaryl/α,β-unsaturated/α-hetero) is 2. The Bertz CT molecular complexity index is 827. The molecule has 19 heavy (non-hydrogen) atoms. The molecular weight excluding hydrogens is 256 g/mol. The number of ketones is 2. The van der Waals surface area contributed by atoms with Gasteiger partial charge in [0.25, 0.3) is 0 Å². The molecule has 0 unspecified atom stereocenters. The van der Waals surface area contributed by atoms with Crippen LogP contribution in [0.15, 0.2) is 36.4 Å². The third kappa shape index (κ3) is 1.96. The molecule has 94 valence electrons. The van der Waals surface area contributed by atoms with E-state index < -0.39 is 0 Å². The first-order valence-electron chi connectivity index (χ1n) is 6.04. The zero-order valence-electron chi connectivity index (χ0n) is 10.7. The number of rotatable bonds is 2. The topological polar surface area (TPSA) is 34.1 Å². The summed E-state index contributed by atoms with van der Waals surface area (Å²) in [5.74, 6) is 0.160. The SMILES string of the molecule is CC(=O)c1ccc2c(ccc3cc(C(C)=O)sc32)c1. The Labute approximate surface area is 114 Å². The fraction of sp³-hybridized carbons (Fsp3) is 0.125. The summed E-state index contributed by atoms with van der Waals surface area (Å²) in [5.41, 5.74) is 0.718. The molecule has 0 bridgehead atoms. The lowest BCUT2D eigenvalue weighted by Crippen LogP contribution is -1.90. The maximum atomic E-state index is 11.5. The molecule has 1 aromatic heterocycles. The molecule has 0 saturated heterocycles. The predicted octanol–water partition coefficient (Wildman–Crippen LogP) is 4.46. The second kappa shape index (κ2) is 4.28. The molecule has 0 aliphatic rings. The molecule has 2 nitrogen and oxygen atoms in total. The van der Waals surface area contributed by atoms with Crippen molar-refractivity contribution < 1.29 is 9.59 Å². The van der Waals surface area contributed by atoms with E-state index in [9.17, 15) is 9.59 Å². The number of carbonyl (C=O) groups excluding carboxylic acids is 2. The highest BCUT2D eigenvalue weighted by Gasteiger charge is 2.09. The Morgan fingerprint density at radius 3 is 2.32 bits per heavy atom. The highest BCUT2D eigenvalue weighted by molar-refractivity contribution is 7.21. The van der Waals surface area contributed by atoms with Gasteiger partial charge in [-0.25, -0.2) is 0 Å². The zero-order valence-corrected chi connectivity index (χ0v) is 11.5. The van der Waals surface area contributed by atoms with Gasteiger partial charge in [-0.1, -0.05) is 24.3 Å². The molecule has 0 radical (unpaired) electrons. The Morgan fingerprint density at radius 1 is 0.895 bits per heavy atom. The van der Waals surface area contributed by atoms with E-state index in [-0.39, 0.29) is 11.6 Å². The van der Waals surface area contributed by atoms with Crippen molar-refractivity contribution in [2.24, 2.45) is 0 Å². The first-order valence-corrected chi connectivity index (χ1v) is 6.86.